The maximum Gasteiger partial charge on any atom is 0.244 e. The molecule has 132 valence electrons. The summed E-state index contributed by atoms with van der Waals surface area (Å²) in [5.74, 6) is 0.843. The van der Waals surface area contributed by atoms with Crippen molar-refractivity contribution >= 4 is 11.9 Å². The molecule has 1 amide bonds. The zero-order valence-electron chi connectivity index (χ0n) is 15.0. The third-order valence-corrected chi connectivity index (χ3v) is 4.31. The molecular formula is C19H30N4O. The number of amides is 1. The van der Waals surface area contributed by atoms with Gasteiger partial charge in [-0.3, -0.25) is 4.79 Å². The van der Waals surface area contributed by atoms with Crippen molar-refractivity contribution in [2.45, 2.75) is 39.5 Å². The Morgan fingerprint density at radius 3 is 2.38 bits per heavy atom. The van der Waals surface area contributed by atoms with Crippen LogP contribution in [0.25, 0.3) is 0 Å². The Hall–Kier alpha value is -2.04. The first-order valence-electron chi connectivity index (χ1n) is 9.10. The lowest BCUT2D eigenvalue weighted by molar-refractivity contribution is -0.128. The lowest BCUT2D eigenvalue weighted by Gasteiger charge is -2.15. The van der Waals surface area contributed by atoms with E-state index in [9.17, 15) is 4.79 Å². The quantitative estimate of drug-likeness (QED) is 0.594. The average molecular weight is 330 g/mol. The fourth-order valence-corrected chi connectivity index (χ4v) is 2.82. The lowest BCUT2D eigenvalue weighted by atomic mass is 10.1. The van der Waals surface area contributed by atoms with Crippen LogP contribution in [0.15, 0.2) is 29.3 Å². The van der Waals surface area contributed by atoms with Gasteiger partial charge in [-0.25, -0.2) is 4.99 Å². The molecule has 0 radical (unpaired) electrons. The van der Waals surface area contributed by atoms with Gasteiger partial charge in [0.2, 0.25) is 5.91 Å². The summed E-state index contributed by atoms with van der Waals surface area (Å²) < 4.78 is 0. The molecule has 1 fully saturated rings. The van der Waals surface area contributed by atoms with Crippen molar-refractivity contribution in [2.75, 3.05) is 32.7 Å². The number of likely N-dealkylation sites (tertiary alicyclic amines) is 1. The van der Waals surface area contributed by atoms with Crippen molar-refractivity contribution in [3.63, 3.8) is 0 Å². The van der Waals surface area contributed by atoms with E-state index in [-0.39, 0.29) is 12.5 Å². The standard InChI is InChI=1S/C19H30N4O/c1-3-16-7-9-17(10-8-16)11-12-21-19(20-4-2)22-15-18(24)23-13-5-6-14-23/h7-10H,3-6,11-15H2,1-2H3,(H2,20,21,22). The van der Waals surface area contributed by atoms with Gasteiger partial charge in [-0.05, 0) is 43.7 Å². The van der Waals surface area contributed by atoms with E-state index in [4.69, 9.17) is 0 Å². The first-order chi connectivity index (χ1) is 11.7. The Balaban J connectivity index is 1.78. The molecule has 2 rings (SSSR count). The molecule has 1 aliphatic heterocycles. The number of benzene rings is 1. The van der Waals surface area contributed by atoms with Crippen LogP contribution in [0.2, 0.25) is 0 Å². The third-order valence-electron chi connectivity index (χ3n) is 4.31. The highest BCUT2D eigenvalue weighted by Crippen LogP contribution is 2.07. The topological polar surface area (TPSA) is 56.7 Å². The van der Waals surface area contributed by atoms with Crippen LogP contribution in [0.3, 0.4) is 0 Å². The van der Waals surface area contributed by atoms with Gasteiger partial charge < -0.3 is 15.5 Å². The summed E-state index contributed by atoms with van der Waals surface area (Å²) in [7, 11) is 0. The molecule has 1 heterocycles. The number of hydrogen-bond acceptors (Lipinski definition) is 2. The van der Waals surface area contributed by atoms with E-state index < -0.39 is 0 Å². The number of nitrogens with zero attached hydrogens (tertiary/aromatic N) is 2. The van der Waals surface area contributed by atoms with Gasteiger partial charge in [0.05, 0.1) is 0 Å². The molecule has 0 spiro atoms. The predicted octanol–water partition coefficient (Wildman–Crippen LogP) is 1.97. The van der Waals surface area contributed by atoms with Gasteiger partial charge in [0.15, 0.2) is 5.96 Å². The highest BCUT2D eigenvalue weighted by atomic mass is 16.2. The summed E-state index contributed by atoms with van der Waals surface area (Å²) in [6, 6.07) is 8.73. The molecule has 5 nitrogen and oxygen atoms in total. The number of rotatable bonds is 7. The van der Waals surface area contributed by atoms with Crippen LogP contribution >= 0.6 is 0 Å². The van der Waals surface area contributed by atoms with Crippen LogP contribution in [-0.4, -0.2) is 49.5 Å². The van der Waals surface area contributed by atoms with Gasteiger partial charge >= 0.3 is 0 Å². The fraction of sp³-hybridized carbons (Fsp3) is 0.579. The minimum Gasteiger partial charge on any atom is -0.357 e. The molecule has 0 saturated carbocycles. The zero-order valence-corrected chi connectivity index (χ0v) is 15.0. The van der Waals surface area contributed by atoms with E-state index >= 15 is 0 Å². The van der Waals surface area contributed by atoms with Gasteiger partial charge in [-0.2, -0.15) is 0 Å². The molecule has 24 heavy (non-hydrogen) atoms. The molecule has 0 aromatic heterocycles. The van der Waals surface area contributed by atoms with Gasteiger partial charge in [0.25, 0.3) is 0 Å². The Bertz CT molecular complexity index is 533. The molecule has 0 aliphatic carbocycles. The predicted molar refractivity (Wildman–Crippen MR) is 99.3 cm³/mol. The molecule has 1 aliphatic rings. The Morgan fingerprint density at radius 2 is 1.75 bits per heavy atom. The van der Waals surface area contributed by atoms with Crippen LogP contribution in [-0.2, 0) is 17.6 Å². The first kappa shape index (κ1) is 18.3. The molecule has 1 aromatic carbocycles. The second-order valence-corrected chi connectivity index (χ2v) is 6.13. The number of aliphatic imine (C=N–C) groups is 1. The highest BCUT2D eigenvalue weighted by Gasteiger charge is 2.17. The maximum absolute atomic E-state index is 12.1. The first-order valence-corrected chi connectivity index (χ1v) is 9.10. The van der Waals surface area contributed by atoms with Crippen molar-refractivity contribution in [1.29, 1.82) is 0 Å². The summed E-state index contributed by atoms with van der Waals surface area (Å²) >= 11 is 0. The fourth-order valence-electron chi connectivity index (χ4n) is 2.82. The second-order valence-electron chi connectivity index (χ2n) is 6.13. The monoisotopic (exact) mass is 330 g/mol. The molecule has 5 heteroatoms. The third kappa shape index (κ3) is 5.87. The average Bonchev–Trinajstić information content (AvgIpc) is 3.14. The zero-order chi connectivity index (χ0) is 17.2. The number of aryl methyl sites for hydroxylation is 1. The van der Waals surface area contributed by atoms with E-state index in [1.54, 1.807) is 0 Å². The number of carbonyl (C=O) groups is 1. The summed E-state index contributed by atoms with van der Waals surface area (Å²) in [6.07, 6.45) is 4.24. The van der Waals surface area contributed by atoms with Crippen molar-refractivity contribution in [2.24, 2.45) is 4.99 Å². The minimum atomic E-state index is 0.125. The largest absolute Gasteiger partial charge is 0.357 e. The van der Waals surface area contributed by atoms with Crippen molar-refractivity contribution in [3.05, 3.63) is 35.4 Å². The van der Waals surface area contributed by atoms with E-state index in [1.165, 1.54) is 11.1 Å². The molecule has 1 aromatic rings. The van der Waals surface area contributed by atoms with Crippen LogP contribution in [0.1, 0.15) is 37.8 Å². The van der Waals surface area contributed by atoms with E-state index in [2.05, 4.69) is 46.8 Å². The van der Waals surface area contributed by atoms with Gasteiger partial charge in [-0.15, -0.1) is 0 Å². The number of hydrogen-bond donors (Lipinski definition) is 2. The minimum absolute atomic E-state index is 0.125. The van der Waals surface area contributed by atoms with Crippen LogP contribution in [0.5, 0.6) is 0 Å². The van der Waals surface area contributed by atoms with E-state index in [1.807, 2.05) is 11.8 Å². The van der Waals surface area contributed by atoms with Crippen molar-refractivity contribution < 1.29 is 4.79 Å². The maximum atomic E-state index is 12.1. The molecule has 0 unspecified atom stereocenters. The van der Waals surface area contributed by atoms with Gasteiger partial charge in [0, 0.05) is 26.2 Å². The molecule has 2 N–H and O–H groups in total. The smallest absolute Gasteiger partial charge is 0.244 e. The number of carbonyl (C=O) groups excluding carboxylic acids is 1. The molecule has 0 atom stereocenters. The molecular weight excluding hydrogens is 300 g/mol. The van der Waals surface area contributed by atoms with Gasteiger partial charge in [0.1, 0.15) is 6.54 Å². The summed E-state index contributed by atoms with van der Waals surface area (Å²) in [6.45, 7) is 7.77. The van der Waals surface area contributed by atoms with Crippen LogP contribution in [0.4, 0.5) is 0 Å². The number of guanidine groups is 1. The van der Waals surface area contributed by atoms with Gasteiger partial charge in [-0.1, -0.05) is 31.2 Å². The second kappa shape index (κ2) is 9.96. The Kier molecular flexibility index (Phi) is 7.59. The molecule has 0 bridgehead atoms. The Labute approximate surface area is 145 Å². The van der Waals surface area contributed by atoms with Crippen LogP contribution in [0, 0.1) is 0 Å². The SMILES string of the molecule is CCNC(=NCC(=O)N1CCCC1)NCCc1ccc(CC)cc1. The van der Waals surface area contributed by atoms with E-state index in [0.29, 0.717) is 0 Å². The number of nitrogens with one attached hydrogen (secondary N) is 2. The van der Waals surface area contributed by atoms with Crippen molar-refractivity contribution in [1.82, 2.24) is 15.5 Å². The Morgan fingerprint density at radius 1 is 1.08 bits per heavy atom. The van der Waals surface area contributed by atoms with Crippen molar-refractivity contribution in [3.8, 4) is 0 Å². The summed E-state index contributed by atoms with van der Waals surface area (Å²) in [5.41, 5.74) is 2.67. The molecule has 1 saturated heterocycles. The summed E-state index contributed by atoms with van der Waals surface area (Å²) in [5, 5.41) is 6.51. The lowest BCUT2D eigenvalue weighted by Crippen LogP contribution is -2.39. The van der Waals surface area contributed by atoms with E-state index in [0.717, 1.165) is 57.8 Å². The highest BCUT2D eigenvalue weighted by molar-refractivity contribution is 5.85. The summed E-state index contributed by atoms with van der Waals surface area (Å²) in [4.78, 5) is 18.4. The normalized spacial score (nSPS) is 14.8. The van der Waals surface area contributed by atoms with Crippen LogP contribution < -0.4 is 10.6 Å².